The SMILES string of the molecule is COC(=O)c1ccc([C@H]2CC3(CCN2)CC3)cc1. The normalized spacial score (nSPS) is 24.8. The molecule has 0 bridgehead atoms. The molecule has 1 spiro atoms. The highest BCUT2D eigenvalue weighted by atomic mass is 16.5. The van der Waals surface area contributed by atoms with Crippen molar-refractivity contribution < 1.29 is 9.53 Å². The van der Waals surface area contributed by atoms with Gasteiger partial charge in [-0.1, -0.05) is 12.1 Å². The molecule has 2 aliphatic rings. The van der Waals surface area contributed by atoms with Crippen LogP contribution < -0.4 is 5.32 Å². The summed E-state index contributed by atoms with van der Waals surface area (Å²) in [7, 11) is 1.41. The summed E-state index contributed by atoms with van der Waals surface area (Å²) in [6.07, 6.45) is 5.35. The number of carbonyl (C=O) groups is 1. The summed E-state index contributed by atoms with van der Waals surface area (Å²) in [5, 5.41) is 3.58. The summed E-state index contributed by atoms with van der Waals surface area (Å²) < 4.78 is 4.71. The molecule has 2 fully saturated rings. The van der Waals surface area contributed by atoms with Crippen LogP contribution in [0, 0.1) is 5.41 Å². The maximum absolute atomic E-state index is 11.4. The smallest absolute Gasteiger partial charge is 0.337 e. The number of esters is 1. The fourth-order valence-electron chi connectivity index (χ4n) is 2.95. The van der Waals surface area contributed by atoms with Gasteiger partial charge in [-0.3, -0.25) is 0 Å². The van der Waals surface area contributed by atoms with E-state index in [4.69, 9.17) is 4.74 Å². The Bertz CT molecular complexity index is 448. The molecule has 0 amide bonds. The first kappa shape index (κ1) is 11.7. The summed E-state index contributed by atoms with van der Waals surface area (Å²) in [4.78, 5) is 11.4. The van der Waals surface area contributed by atoms with Crippen LogP contribution in [-0.4, -0.2) is 19.6 Å². The number of methoxy groups -OCH3 is 1. The third-order valence-corrected chi connectivity index (χ3v) is 4.37. The Morgan fingerprint density at radius 1 is 1.28 bits per heavy atom. The zero-order valence-electron chi connectivity index (χ0n) is 10.7. The minimum atomic E-state index is -0.267. The number of rotatable bonds is 2. The Morgan fingerprint density at radius 3 is 2.61 bits per heavy atom. The number of hydrogen-bond acceptors (Lipinski definition) is 3. The van der Waals surface area contributed by atoms with Gasteiger partial charge in [0.25, 0.3) is 0 Å². The van der Waals surface area contributed by atoms with E-state index in [2.05, 4.69) is 5.32 Å². The molecule has 3 heteroatoms. The molecule has 0 aromatic heterocycles. The van der Waals surface area contributed by atoms with Crippen molar-refractivity contribution in [2.24, 2.45) is 5.41 Å². The molecule has 96 valence electrons. The predicted octanol–water partition coefficient (Wildman–Crippen LogP) is 2.68. The average Bonchev–Trinajstić information content (AvgIpc) is 3.17. The zero-order valence-corrected chi connectivity index (χ0v) is 10.7. The van der Waals surface area contributed by atoms with Gasteiger partial charge >= 0.3 is 5.97 Å². The van der Waals surface area contributed by atoms with Crippen LogP contribution in [-0.2, 0) is 4.74 Å². The Labute approximate surface area is 108 Å². The van der Waals surface area contributed by atoms with E-state index in [9.17, 15) is 4.79 Å². The van der Waals surface area contributed by atoms with Crippen molar-refractivity contribution in [3.63, 3.8) is 0 Å². The first-order chi connectivity index (χ1) is 8.72. The van der Waals surface area contributed by atoms with Crippen LogP contribution in [0.3, 0.4) is 0 Å². The van der Waals surface area contributed by atoms with E-state index in [1.807, 2.05) is 24.3 Å². The second-order valence-electron chi connectivity index (χ2n) is 5.57. The summed E-state index contributed by atoms with van der Waals surface area (Å²) in [6.45, 7) is 1.11. The number of carbonyl (C=O) groups excluding carboxylic acids is 1. The van der Waals surface area contributed by atoms with Gasteiger partial charge in [0, 0.05) is 6.04 Å². The van der Waals surface area contributed by atoms with Gasteiger partial charge in [0.15, 0.2) is 0 Å². The number of benzene rings is 1. The van der Waals surface area contributed by atoms with Crippen molar-refractivity contribution in [3.05, 3.63) is 35.4 Å². The first-order valence-corrected chi connectivity index (χ1v) is 6.64. The van der Waals surface area contributed by atoms with Crippen molar-refractivity contribution >= 4 is 5.97 Å². The number of hydrogen-bond donors (Lipinski definition) is 1. The van der Waals surface area contributed by atoms with E-state index in [0.29, 0.717) is 17.0 Å². The molecule has 1 atom stereocenters. The van der Waals surface area contributed by atoms with Gasteiger partial charge in [-0.05, 0) is 55.3 Å². The van der Waals surface area contributed by atoms with E-state index < -0.39 is 0 Å². The summed E-state index contributed by atoms with van der Waals surface area (Å²) >= 11 is 0. The molecule has 1 aliphatic heterocycles. The standard InChI is InChI=1S/C15H19NO2/c1-18-14(17)12-4-2-11(3-5-12)13-10-15(6-7-15)8-9-16-13/h2-5,13,16H,6-10H2,1H3/t13-/m1/s1. The van der Waals surface area contributed by atoms with Gasteiger partial charge in [0.2, 0.25) is 0 Å². The van der Waals surface area contributed by atoms with Gasteiger partial charge in [0.1, 0.15) is 0 Å². The van der Waals surface area contributed by atoms with E-state index in [1.54, 1.807) is 0 Å². The second kappa shape index (κ2) is 4.39. The van der Waals surface area contributed by atoms with Crippen molar-refractivity contribution in [2.75, 3.05) is 13.7 Å². The molecule has 1 saturated carbocycles. The van der Waals surface area contributed by atoms with Crippen LogP contribution in [0.5, 0.6) is 0 Å². The number of nitrogens with one attached hydrogen (secondary N) is 1. The highest BCUT2D eigenvalue weighted by molar-refractivity contribution is 5.89. The molecule has 1 aromatic rings. The topological polar surface area (TPSA) is 38.3 Å². The highest BCUT2D eigenvalue weighted by Gasteiger charge is 2.45. The monoisotopic (exact) mass is 245 g/mol. The van der Waals surface area contributed by atoms with Gasteiger partial charge in [0.05, 0.1) is 12.7 Å². The molecule has 1 N–H and O–H groups in total. The zero-order chi connectivity index (χ0) is 12.6. The maximum Gasteiger partial charge on any atom is 0.337 e. The lowest BCUT2D eigenvalue weighted by atomic mass is 9.86. The summed E-state index contributed by atoms with van der Waals surface area (Å²) in [6, 6.07) is 8.26. The van der Waals surface area contributed by atoms with E-state index in [1.165, 1.54) is 38.4 Å². The quantitative estimate of drug-likeness (QED) is 0.814. The van der Waals surface area contributed by atoms with Crippen LogP contribution in [0.25, 0.3) is 0 Å². The second-order valence-corrected chi connectivity index (χ2v) is 5.57. The third kappa shape index (κ3) is 2.15. The van der Waals surface area contributed by atoms with Crippen molar-refractivity contribution in [1.29, 1.82) is 0 Å². The van der Waals surface area contributed by atoms with Gasteiger partial charge in [-0.2, -0.15) is 0 Å². The highest BCUT2D eigenvalue weighted by Crippen LogP contribution is 2.55. The number of piperidine rings is 1. The van der Waals surface area contributed by atoms with Gasteiger partial charge in [-0.25, -0.2) is 4.79 Å². The third-order valence-electron chi connectivity index (χ3n) is 4.37. The average molecular weight is 245 g/mol. The van der Waals surface area contributed by atoms with E-state index in [-0.39, 0.29) is 5.97 Å². The molecule has 1 heterocycles. The van der Waals surface area contributed by atoms with Crippen LogP contribution in [0.4, 0.5) is 0 Å². The molecule has 18 heavy (non-hydrogen) atoms. The lowest BCUT2D eigenvalue weighted by molar-refractivity contribution is 0.0600. The predicted molar refractivity (Wildman–Crippen MR) is 69.4 cm³/mol. The Morgan fingerprint density at radius 2 is 2.00 bits per heavy atom. The van der Waals surface area contributed by atoms with Crippen LogP contribution >= 0.6 is 0 Å². The minimum absolute atomic E-state index is 0.267. The molecule has 1 aliphatic carbocycles. The summed E-state index contributed by atoms with van der Waals surface area (Å²) in [5.41, 5.74) is 2.54. The molecule has 0 radical (unpaired) electrons. The molecule has 3 rings (SSSR count). The Hall–Kier alpha value is -1.35. The molecular weight excluding hydrogens is 226 g/mol. The fraction of sp³-hybridized carbons (Fsp3) is 0.533. The van der Waals surface area contributed by atoms with Crippen LogP contribution in [0.2, 0.25) is 0 Å². The van der Waals surface area contributed by atoms with E-state index >= 15 is 0 Å². The van der Waals surface area contributed by atoms with Crippen molar-refractivity contribution in [3.8, 4) is 0 Å². The van der Waals surface area contributed by atoms with Crippen molar-refractivity contribution in [1.82, 2.24) is 5.32 Å². The largest absolute Gasteiger partial charge is 0.465 e. The van der Waals surface area contributed by atoms with E-state index in [0.717, 1.165) is 6.54 Å². The molecular formula is C15H19NO2. The van der Waals surface area contributed by atoms with Gasteiger partial charge < -0.3 is 10.1 Å². The van der Waals surface area contributed by atoms with Crippen LogP contribution in [0.1, 0.15) is 47.6 Å². The molecule has 1 aromatic carbocycles. The Balaban J connectivity index is 1.74. The Kier molecular flexibility index (Phi) is 2.86. The first-order valence-electron chi connectivity index (χ1n) is 6.64. The lowest BCUT2D eigenvalue weighted by Crippen LogP contribution is -2.32. The minimum Gasteiger partial charge on any atom is -0.465 e. The fourth-order valence-corrected chi connectivity index (χ4v) is 2.95. The molecule has 1 saturated heterocycles. The van der Waals surface area contributed by atoms with Crippen molar-refractivity contribution in [2.45, 2.75) is 31.7 Å². The summed E-state index contributed by atoms with van der Waals surface area (Å²) in [5.74, 6) is -0.267. The number of ether oxygens (including phenoxy) is 1. The van der Waals surface area contributed by atoms with Crippen LogP contribution in [0.15, 0.2) is 24.3 Å². The lowest BCUT2D eigenvalue weighted by Gasteiger charge is -2.30. The molecule has 0 unspecified atom stereocenters. The van der Waals surface area contributed by atoms with Gasteiger partial charge in [-0.15, -0.1) is 0 Å². The molecule has 3 nitrogen and oxygen atoms in total. The maximum atomic E-state index is 11.4.